The fourth-order valence-corrected chi connectivity index (χ4v) is 2.23. The van der Waals surface area contributed by atoms with Crippen molar-refractivity contribution in [2.45, 2.75) is 13.3 Å². The Kier molecular flexibility index (Phi) is 3.02. The van der Waals surface area contributed by atoms with Crippen molar-refractivity contribution in [3.63, 3.8) is 0 Å². The van der Waals surface area contributed by atoms with Gasteiger partial charge in [-0.15, -0.1) is 0 Å². The minimum absolute atomic E-state index is 0.0561. The van der Waals surface area contributed by atoms with Crippen LogP contribution in [-0.4, -0.2) is 25.5 Å². The third-order valence-corrected chi connectivity index (χ3v) is 3.23. The van der Waals surface area contributed by atoms with Crippen LogP contribution in [0.4, 0.5) is 0 Å². The highest BCUT2D eigenvalue weighted by Gasteiger charge is 2.11. The summed E-state index contributed by atoms with van der Waals surface area (Å²) >= 11 is 0. The summed E-state index contributed by atoms with van der Waals surface area (Å²) in [4.78, 5) is 20.7. The van der Waals surface area contributed by atoms with Crippen LogP contribution in [0.25, 0.3) is 11.0 Å². The van der Waals surface area contributed by atoms with E-state index < -0.39 is 0 Å². The molecule has 0 amide bonds. The SMILES string of the molecule is Cc1cc(CC(=O)c2ccc3nccnc3c2)n(C)n1. The summed E-state index contributed by atoms with van der Waals surface area (Å²) in [7, 11) is 1.85. The van der Waals surface area contributed by atoms with E-state index in [1.54, 1.807) is 29.2 Å². The van der Waals surface area contributed by atoms with Gasteiger partial charge < -0.3 is 0 Å². The van der Waals surface area contributed by atoms with Crippen LogP contribution in [0.1, 0.15) is 21.7 Å². The second-order valence-corrected chi connectivity index (χ2v) is 4.76. The molecule has 3 rings (SSSR count). The molecular weight excluding hydrogens is 252 g/mol. The molecule has 0 radical (unpaired) electrons. The van der Waals surface area contributed by atoms with Gasteiger partial charge in [-0.1, -0.05) is 0 Å². The molecule has 2 aromatic heterocycles. The molecule has 0 aliphatic heterocycles. The Morgan fingerprint density at radius 1 is 1.15 bits per heavy atom. The number of aromatic nitrogens is 4. The third kappa shape index (κ3) is 2.30. The Morgan fingerprint density at radius 3 is 2.60 bits per heavy atom. The highest BCUT2D eigenvalue weighted by Crippen LogP contribution is 2.14. The number of aryl methyl sites for hydroxylation is 2. The van der Waals surface area contributed by atoms with Gasteiger partial charge >= 0.3 is 0 Å². The van der Waals surface area contributed by atoms with E-state index >= 15 is 0 Å². The molecule has 20 heavy (non-hydrogen) atoms. The molecule has 0 aliphatic carbocycles. The molecule has 0 aliphatic rings. The summed E-state index contributed by atoms with van der Waals surface area (Å²) in [5, 5.41) is 4.25. The molecule has 0 saturated heterocycles. The monoisotopic (exact) mass is 266 g/mol. The first-order chi connectivity index (χ1) is 9.63. The molecule has 0 fully saturated rings. The van der Waals surface area contributed by atoms with Gasteiger partial charge in [-0.3, -0.25) is 19.4 Å². The minimum Gasteiger partial charge on any atom is -0.294 e. The van der Waals surface area contributed by atoms with Gasteiger partial charge in [0.25, 0.3) is 0 Å². The van der Waals surface area contributed by atoms with Crippen LogP contribution in [-0.2, 0) is 13.5 Å². The highest BCUT2D eigenvalue weighted by atomic mass is 16.1. The zero-order chi connectivity index (χ0) is 14.1. The number of rotatable bonds is 3. The number of carbonyl (C=O) groups excluding carboxylic acids is 1. The molecule has 1 aromatic carbocycles. The molecule has 3 aromatic rings. The molecule has 0 spiro atoms. The predicted molar refractivity (Wildman–Crippen MR) is 75.5 cm³/mol. The van der Waals surface area contributed by atoms with Crippen molar-refractivity contribution in [2.75, 3.05) is 0 Å². The number of ketones is 1. The van der Waals surface area contributed by atoms with Crippen molar-refractivity contribution in [2.24, 2.45) is 7.05 Å². The fourth-order valence-electron chi connectivity index (χ4n) is 2.23. The first-order valence-electron chi connectivity index (χ1n) is 6.37. The fraction of sp³-hybridized carbons (Fsp3) is 0.200. The molecule has 0 N–H and O–H groups in total. The molecule has 0 atom stereocenters. The van der Waals surface area contributed by atoms with Crippen molar-refractivity contribution >= 4 is 16.8 Å². The normalized spacial score (nSPS) is 10.9. The average Bonchev–Trinajstić information content (AvgIpc) is 2.76. The summed E-state index contributed by atoms with van der Waals surface area (Å²) in [6, 6.07) is 7.33. The van der Waals surface area contributed by atoms with Crippen molar-refractivity contribution < 1.29 is 4.79 Å². The lowest BCUT2D eigenvalue weighted by Crippen LogP contribution is -2.08. The van der Waals surface area contributed by atoms with Gasteiger partial charge in [-0.05, 0) is 31.2 Å². The summed E-state index contributed by atoms with van der Waals surface area (Å²) in [6.07, 6.45) is 3.60. The first-order valence-corrected chi connectivity index (χ1v) is 6.37. The molecule has 0 unspecified atom stereocenters. The van der Waals surface area contributed by atoms with E-state index in [9.17, 15) is 4.79 Å². The molecule has 0 bridgehead atoms. The molecule has 5 heteroatoms. The Balaban J connectivity index is 1.90. The van der Waals surface area contributed by atoms with Gasteiger partial charge in [0.2, 0.25) is 0 Å². The average molecular weight is 266 g/mol. The zero-order valence-corrected chi connectivity index (χ0v) is 11.4. The second-order valence-electron chi connectivity index (χ2n) is 4.76. The topological polar surface area (TPSA) is 60.7 Å². The lowest BCUT2D eigenvalue weighted by molar-refractivity contribution is 0.0991. The van der Waals surface area contributed by atoms with Crippen LogP contribution in [0.2, 0.25) is 0 Å². The maximum Gasteiger partial charge on any atom is 0.168 e. The van der Waals surface area contributed by atoms with E-state index in [0.29, 0.717) is 12.0 Å². The summed E-state index contributed by atoms with van der Waals surface area (Å²) < 4.78 is 1.74. The van der Waals surface area contributed by atoms with E-state index in [-0.39, 0.29) is 5.78 Å². The van der Waals surface area contributed by atoms with Gasteiger partial charge in [0.05, 0.1) is 23.1 Å². The summed E-state index contributed by atoms with van der Waals surface area (Å²) in [5.41, 5.74) is 4.00. The molecule has 2 heterocycles. The first kappa shape index (κ1) is 12.5. The van der Waals surface area contributed by atoms with Crippen LogP contribution in [0.3, 0.4) is 0 Å². The van der Waals surface area contributed by atoms with E-state index in [1.165, 1.54) is 0 Å². The van der Waals surface area contributed by atoms with Gasteiger partial charge in [-0.25, -0.2) is 0 Å². The Morgan fingerprint density at radius 2 is 1.90 bits per heavy atom. The number of benzene rings is 1. The van der Waals surface area contributed by atoms with Crippen molar-refractivity contribution in [3.05, 3.63) is 53.6 Å². The quantitative estimate of drug-likeness (QED) is 0.681. The Hall–Kier alpha value is -2.56. The van der Waals surface area contributed by atoms with Crippen molar-refractivity contribution in [1.29, 1.82) is 0 Å². The number of hydrogen-bond acceptors (Lipinski definition) is 4. The van der Waals surface area contributed by atoms with Crippen molar-refractivity contribution in [3.8, 4) is 0 Å². The standard InChI is InChI=1S/C15H14N4O/c1-10-7-12(19(2)18-10)9-15(20)11-3-4-13-14(8-11)17-6-5-16-13/h3-8H,9H2,1-2H3. The zero-order valence-electron chi connectivity index (χ0n) is 11.4. The van der Waals surface area contributed by atoms with Crippen molar-refractivity contribution in [1.82, 2.24) is 19.7 Å². The maximum absolute atomic E-state index is 12.3. The number of Topliss-reactive ketones (excluding diaryl/α,β-unsaturated/α-hetero) is 1. The van der Waals surface area contributed by atoms with Gasteiger partial charge in [0.1, 0.15) is 0 Å². The van der Waals surface area contributed by atoms with E-state index in [1.807, 2.05) is 26.1 Å². The van der Waals surface area contributed by atoms with Crippen LogP contribution in [0.5, 0.6) is 0 Å². The maximum atomic E-state index is 12.3. The number of hydrogen-bond donors (Lipinski definition) is 0. The van der Waals surface area contributed by atoms with Crippen LogP contribution in [0, 0.1) is 6.92 Å². The Bertz CT molecular complexity index is 791. The summed E-state index contributed by atoms with van der Waals surface area (Å²) in [6.45, 7) is 1.92. The predicted octanol–water partition coefficient (Wildman–Crippen LogP) is 2.10. The van der Waals surface area contributed by atoms with E-state index in [4.69, 9.17) is 0 Å². The number of nitrogens with zero attached hydrogens (tertiary/aromatic N) is 4. The van der Waals surface area contributed by atoms with Gasteiger partial charge in [0.15, 0.2) is 5.78 Å². The lowest BCUT2D eigenvalue weighted by Gasteiger charge is -2.03. The van der Waals surface area contributed by atoms with Crippen LogP contribution in [0.15, 0.2) is 36.7 Å². The minimum atomic E-state index is 0.0561. The highest BCUT2D eigenvalue weighted by molar-refractivity contribution is 5.99. The largest absolute Gasteiger partial charge is 0.294 e. The van der Waals surface area contributed by atoms with Crippen LogP contribution < -0.4 is 0 Å². The Labute approximate surface area is 116 Å². The number of fused-ring (bicyclic) bond motifs is 1. The number of carbonyl (C=O) groups is 1. The van der Waals surface area contributed by atoms with E-state index in [2.05, 4.69) is 15.1 Å². The molecule has 100 valence electrons. The molecule has 0 saturated carbocycles. The van der Waals surface area contributed by atoms with E-state index in [0.717, 1.165) is 22.4 Å². The smallest absolute Gasteiger partial charge is 0.168 e. The van der Waals surface area contributed by atoms with Crippen LogP contribution >= 0.6 is 0 Å². The van der Waals surface area contributed by atoms with Gasteiger partial charge in [0, 0.05) is 30.7 Å². The lowest BCUT2D eigenvalue weighted by atomic mass is 10.1. The molecular formula is C15H14N4O. The van der Waals surface area contributed by atoms with Gasteiger partial charge in [-0.2, -0.15) is 5.10 Å². The third-order valence-electron chi connectivity index (χ3n) is 3.23. The summed E-state index contributed by atoms with van der Waals surface area (Å²) in [5.74, 6) is 0.0561. The second kappa shape index (κ2) is 4.85. The molecule has 5 nitrogen and oxygen atoms in total.